The van der Waals surface area contributed by atoms with Crippen molar-refractivity contribution in [2.45, 2.75) is 39.5 Å². The van der Waals surface area contributed by atoms with E-state index in [-0.39, 0.29) is 18.2 Å². The van der Waals surface area contributed by atoms with E-state index in [2.05, 4.69) is 11.4 Å². The number of carbonyl (C=O) groups excluding carboxylic acids is 1. The molecule has 0 aliphatic rings. The maximum Gasteiger partial charge on any atom is 0.240 e. The van der Waals surface area contributed by atoms with Gasteiger partial charge in [0.1, 0.15) is 5.41 Å². The quantitative estimate of drug-likeness (QED) is 0.690. The summed E-state index contributed by atoms with van der Waals surface area (Å²) in [6, 6.07) is 2.12. The summed E-state index contributed by atoms with van der Waals surface area (Å²) in [5.41, 5.74) is -1.04. The fourth-order valence-corrected chi connectivity index (χ4v) is 2.74. The SMILES string of the molecule is CCCC(C#N)(CCC)C(=O)NCCS(=O)(=O)N(C)C. The molecule has 0 bridgehead atoms. The van der Waals surface area contributed by atoms with E-state index in [1.54, 1.807) is 0 Å². The van der Waals surface area contributed by atoms with Crippen molar-refractivity contribution in [3.63, 3.8) is 0 Å². The fraction of sp³-hybridized carbons (Fsp3) is 0.846. The van der Waals surface area contributed by atoms with Crippen molar-refractivity contribution in [1.29, 1.82) is 5.26 Å². The van der Waals surface area contributed by atoms with Gasteiger partial charge in [-0.15, -0.1) is 0 Å². The lowest BCUT2D eigenvalue weighted by molar-refractivity contribution is -0.128. The molecule has 20 heavy (non-hydrogen) atoms. The molecule has 6 nitrogen and oxygen atoms in total. The molecule has 1 N–H and O–H groups in total. The van der Waals surface area contributed by atoms with Gasteiger partial charge in [0.05, 0.1) is 11.8 Å². The second-order valence-corrected chi connectivity index (χ2v) is 7.35. The van der Waals surface area contributed by atoms with Crippen LogP contribution in [0.5, 0.6) is 0 Å². The first-order valence-corrected chi connectivity index (χ1v) is 8.46. The summed E-state index contributed by atoms with van der Waals surface area (Å²) in [5, 5.41) is 11.9. The number of nitriles is 1. The topological polar surface area (TPSA) is 90.3 Å². The molecule has 0 aliphatic carbocycles. The van der Waals surface area contributed by atoms with Crippen molar-refractivity contribution in [3.8, 4) is 6.07 Å². The maximum absolute atomic E-state index is 12.2. The number of hydrogen-bond acceptors (Lipinski definition) is 4. The van der Waals surface area contributed by atoms with Crippen LogP contribution in [-0.4, -0.2) is 45.0 Å². The number of rotatable bonds is 9. The van der Waals surface area contributed by atoms with Gasteiger partial charge in [-0.3, -0.25) is 4.79 Å². The van der Waals surface area contributed by atoms with Gasteiger partial charge in [-0.05, 0) is 12.8 Å². The fourth-order valence-electron chi connectivity index (χ4n) is 2.01. The number of sulfonamides is 1. The highest BCUT2D eigenvalue weighted by Gasteiger charge is 2.36. The van der Waals surface area contributed by atoms with Crippen LogP contribution in [0, 0.1) is 16.7 Å². The van der Waals surface area contributed by atoms with Crippen LogP contribution < -0.4 is 5.32 Å². The lowest BCUT2D eigenvalue weighted by Gasteiger charge is -2.24. The predicted molar refractivity (Wildman–Crippen MR) is 78.3 cm³/mol. The molecule has 7 heteroatoms. The minimum absolute atomic E-state index is 0.0240. The van der Waals surface area contributed by atoms with E-state index < -0.39 is 15.4 Å². The molecule has 1 amide bonds. The zero-order chi connectivity index (χ0) is 15.8. The number of nitrogens with zero attached hydrogens (tertiary/aromatic N) is 2. The van der Waals surface area contributed by atoms with Crippen LogP contribution in [0.2, 0.25) is 0 Å². The van der Waals surface area contributed by atoms with E-state index in [1.807, 2.05) is 13.8 Å². The molecule has 0 rings (SSSR count). The number of nitrogens with one attached hydrogen (secondary N) is 1. The van der Waals surface area contributed by atoms with Crippen LogP contribution in [-0.2, 0) is 14.8 Å². The Balaban J connectivity index is 4.69. The van der Waals surface area contributed by atoms with Gasteiger partial charge in [-0.25, -0.2) is 12.7 Å². The van der Waals surface area contributed by atoms with Gasteiger partial charge in [0.2, 0.25) is 15.9 Å². The third-order valence-corrected chi connectivity index (χ3v) is 5.04. The minimum atomic E-state index is -3.33. The third kappa shape index (κ3) is 5.10. The van der Waals surface area contributed by atoms with Crippen molar-refractivity contribution >= 4 is 15.9 Å². The molecule has 0 aromatic heterocycles. The van der Waals surface area contributed by atoms with Gasteiger partial charge in [-0.2, -0.15) is 5.26 Å². The third-order valence-electron chi connectivity index (χ3n) is 3.20. The Morgan fingerprint density at radius 1 is 1.25 bits per heavy atom. The monoisotopic (exact) mass is 303 g/mol. The summed E-state index contributed by atoms with van der Waals surface area (Å²) in [6.07, 6.45) is 2.45. The summed E-state index contributed by atoms with van der Waals surface area (Å²) >= 11 is 0. The molecule has 0 atom stereocenters. The van der Waals surface area contributed by atoms with Gasteiger partial charge in [0.25, 0.3) is 0 Å². The van der Waals surface area contributed by atoms with Crippen LogP contribution >= 0.6 is 0 Å². The van der Waals surface area contributed by atoms with Gasteiger partial charge in [-0.1, -0.05) is 26.7 Å². The van der Waals surface area contributed by atoms with Crippen LogP contribution in [0.25, 0.3) is 0 Å². The lowest BCUT2D eigenvalue weighted by atomic mass is 9.80. The Hall–Kier alpha value is -1.13. The van der Waals surface area contributed by atoms with Crippen LogP contribution in [0.4, 0.5) is 0 Å². The highest BCUT2D eigenvalue weighted by molar-refractivity contribution is 7.89. The van der Waals surface area contributed by atoms with Gasteiger partial charge >= 0.3 is 0 Å². The van der Waals surface area contributed by atoms with Crippen molar-refractivity contribution < 1.29 is 13.2 Å². The normalized spacial score (nSPS) is 12.2. The smallest absolute Gasteiger partial charge is 0.240 e. The molecule has 0 saturated carbocycles. The highest BCUT2D eigenvalue weighted by Crippen LogP contribution is 2.29. The molecule has 0 aliphatic heterocycles. The number of carbonyl (C=O) groups is 1. The molecule has 0 fully saturated rings. The second-order valence-electron chi connectivity index (χ2n) is 5.05. The largest absolute Gasteiger partial charge is 0.354 e. The van der Waals surface area contributed by atoms with Crippen LogP contribution in [0.1, 0.15) is 39.5 Å². The Kier molecular flexibility index (Phi) is 7.76. The standard InChI is InChI=1S/C13H25N3O3S/c1-5-7-13(11-14,8-6-2)12(17)15-9-10-20(18,19)16(3)4/h5-10H2,1-4H3,(H,15,17). The Morgan fingerprint density at radius 3 is 2.10 bits per heavy atom. The minimum Gasteiger partial charge on any atom is -0.354 e. The van der Waals surface area contributed by atoms with Crippen LogP contribution in [0.15, 0.2) is 0 Å². The van der Waals surface area contributed by atoms with E-state index in [0.717, 1.165) is 17.1 Å². The molecule has 0 saturated heterocycles. The Morgan fingerprint density at radius 2 is 1.75 bits per heavy atom. The first-order chi connectivity index (χ1) is 9.25. The molecule has 0 unspecified atom stereocenters. The molecule has 0 radical (unpaired) electrons. The summed E-state index contributed by atoms with van der Waals surface area (Å²) in [5.74, 6) is -0.524. The average Bonchev–Trinajstić information content (AvgIpc) is 2.37. The summed E-state index contributed by atoms with van der Waals surface area (Å²) in [4.78, 5) is 12.2. The van der Waals surface area contributed by atoms with E-state index in [9.17, 15) is 18.5 Å². The van der Waals surface area contributed by atoms with Crippen molar-refractivity contribution in [3.05, 3.63) is 0 Å². The molecular formula is C13H25N3O3S. The van der Waals surface area contributed by atoms with Crippen LogP contribution in [0.3, 0.4) is 0 Å². The summed E-state index contributed by atoms with van der Waals surface area (Å²) < 4.78 is 24.3. The zero-order valence-corrected chi connectivity index (χ0v) is 13.6. The zero-order valence-electron chi connectivity index (χ0n) is 12.8. The lowest BCUT2D eigenvalue weighted by Crippen LogP contribution is -2.42. The van der Waals surface area contributed by atoms with Crippen molar-refractivity contribution in [1.82, 2.24) is 9.62 Å². The molecule has 0 aromatic rings. The molecule has 0 spiro atoms. The molecule has 0 aromatic carbocycles. The molecule has 116 valence electrons. The second kappa shape index (κ2) is 8.22. The maximum atomic E-state index is 12.2. The molecule has 0 heterocycles. The van der Waals surface area contributed by atoms with Crippen molar-refractivity contribution in [2.24, 2.45) is 5.41 Å². The Labute approximate surface area is 122 Å². The van der Waals surface area contributed by atoms with Gasteiger partial charge in [0.15, 0.2) is 0 Å². The average molecular weight is 303 g/mol. The number of amides is 1. The van der Waals surface area contributed by atoms with E-state index in [1.165, 1.54) is 14.1 Å². The summed E-state index contributed by atoms with van der Waals surface area (Å²) in [6.45, 7) is 3.87. The molecular weight excluding hydrogens is 278 g/mol. The first kappa shape index (κ1) is 18.9. The van der Waals surface area contributed by atoms with E-state index >= 15 is 0 Å². The highest BCUT2D eigenvalue weighted by atomic mass is 32.2. The van der Waals surface area contributed by atoms with Gasteiger partial charge in [0, 0.05) is 20.6 Å². The van der Waals surface area contributed by atoms with E-state index in [0.29, 0.717) is 12.8 Å². The first-order valence-electron chi connectivity index (χ1n) is 6.85. The Bertz CT molecular complexity index is 446. The number of hydrogen-bond donors (Lipinski definition) is 1. The predicted octanol–water partition coefficient (Wildman–Crippen LogP) is 1.10. The summed E-state index contributed by atoms with van der Waals surface area (Å²) in [7, 11) is -0.436. The van der Waals surface area contributed by atoms with E-state index in [4.69, 9.17) is 0 Å². The van der Waals surface area contributed by atoms with Crippen molar-refractivity contribution in [2.75, 3.05) is 26.4 Å². The van der Waals surface area contributed by atoms with Gasteiger partial charge < -0.3 is 5.32 Å².